The summed E-state index contributed by atoms with van der Waals surface area (Å²) in [4.78, 5) is 0. The third-order valence-electron chi connectivity index (χ3n) is 3.15. The first-order valence-corrected chi connectivity index (χ1v) is 6.71. The number of aromatic nitrogens is 4. The Morgan fingerprint density at radius 2 is 1.74 bits per heavy atom. The smallest absolute Gasteiger partial charge is 0.368 e. The molecule has 120 valence electrons. The van der Waals surface area contributed by atoms with Crippen molar-refractivity contribution in [3.8, 4) is 0 Å². The molecule has 2 aromatic heterocycles. The van der Waals surface area contributed by atoms with E-state index in [1.54, 1.807) is 12.1 Å². The first-order chi connectivity index (χ1) is 10.9. The molecule has 0 radical (unpaired) electrons. The molecule has 0 amide bonds. The van der Waals surface area contributed by atoms with Crippen LogP contribution in [0.3, 0.4) is 0 Å². The second-order valence-electron chi connectivity index (χ2n) is 4.81. The highest BCUT2D eigenvalue weighted by Gasteiger charge is 2.37. The SMILES string of the molecule is Fc1ccc(CCNc2ccc3nnc(C(F)(F)F)n3n2)cc1. The molecule has 0 atom stereocenters. The fourth-order valence-electron chi connectivity index (χ4n) is 2.05. The van der Waals surface area contributed by atoms with Crippen LogP contribution >= 0.6 is 0 Å². The third-order valence-corrected chi connectivity index (χ3v) is 3.15. The molecule has 0 aliphatic rings. The lowest BCUT2D eigenvalue weighted by Gasteiger charge is -2.07. The van der Waals surface area contributed by atoms with Crippen molar-refractivity contribution >= 4 is 11.5 Å². The number of nitrogens with zero attached hydrogens (tertiary/aromatic N) is 4. The van der Waals surface area contributed by atoms with E-state index in [2.05, 4.69) is 20.6 Å². The molecule has 5 nitrogen and oxygen atoms in total. The Bertz CT molecular complexity index is 810. The van der Waals surface area contributed by atoms with Gasteiger partial charge < -0.3 is 5.32 Å². The summed E-state index contributed by atoms with van der Waals surface area (Å²) in [5.41, 5.74) is 0.918. The van der Waals surface area contributed by atoms with Crippen molar-refractivity contribution in [2.75, 3.05) is 11.9 Å². The first kappa shape index (κ1) is 15.2. The molecule has 0 spiro atoms. The minimum Gasteiger partial charge on any atom is -0.368 e. The van der Waals surface area contributed by atoms with Gasteiger partial charge >= 0.3 is 6.18 Å². The van der Waals surface area contributed by atoms with Gasteiger partial charge in [0.1, 0.15) is 11.6 Å². The van der Waals surface area contributed by atoms with E-state index in [0.29, 0.717) is 17.5 Å². The van der Waals surface area contributed by atoms with Gasteiger partial charge in [-0.25, -0.2) is 4.39 Å². The summed E-state index contributed by atoms with van der Waals surface area (Å²) in [7, 11) is 0. The van der Waals surface area contributed by atoms with E-state index in [1.807, 2.05) is 0 Å². The van der Waals surface area contributed by atoms with Gasteiger partial charge in [-0.15, -0.1) is 15.3 Å². The van der Waals surface area contributed by atoms with Gasteiger partial charge in [-0.05, 0) is 36.2 Å². The molecule has 0 aliphatic carbocycles. The highest BCUT2D eigenvalue weighted by Crippen LogP contribution is 2.27. The summed E-state index contributed by atoms with van der Waals surface area (Å²) in [6.07, 6.45) is -4.05. The van der Waals surface area contributed by atoms with Crippen LogP contribution in [-0.4, -0.2) is 26.4 Å². The predicted octanol–water partition coefficient (Wildman–Crippen LogP) is 2.94. The quantitative estimate of drug-likeness (QED) is 0.750. The molecule has 1 N–H and O–H groups in total. The number of hydrogen-bond donors (Lipinski definition) is 1. The van der Waals surface area contributed by atoms with Crippen LogP contribution in [0.25, 0.3) is 5.65 Å². The Morgan fingerprint density at radius 1 is 1.00 bits per heavy atom. The van der Waals surface area contributed by atoms with Gasteiger partial charge in [-0.3, -0.25) is 0 Å². The molecule has 1 aromatic carbocycles. The van der Waals surface area contributed by atoms with E-state index in [1.165, 1.54) is 24.3 Å². The van der Waals surface area contributed by atoms with Crippen molar-refractivity contribution < 1.29 is 17.6 Å². The average molecular weight is 325 g/mol. The summed E-state index contributed by atoms with van der Waals surface area (Å²) in [6.45, 7) is 0.438. The maximum absolute atomic E-state index is 12.8. The van der Waals surface area contributed by atoms with Crippen LogP contribution in [-0.2, 0) is 12.6 Å². The van der Waals surface area contributed by atoms with Crippen molar-refractivity contribution in [1.29, 1.82) is 0 Å². The molecule has 0 fully saturated rings. The molecule has 3 aromatic rings. The lowest BCUT2D eigenvalue weighted by molar-refractivity contribution is -0.146. The zero-order chi connectivity index (χ0) is 16.4. The molecule has 3 rings (SSSR count). The summed E-state index contributed by atoms with van der Waals surface area (Å²) >= 11 is 0. The Balaban J connectivity index is 1.72. The molecule has 0 bridgehead atoms. The maximum atomic E-state index is 12.8. The van der Waals surface area contributed by atoms with Crippen LogP contribution in [0.5, 0.6) is 0 Å². The van der Waals surface area contributed by atoms with Gasteiger partial charge in [0.05, 0.1) is 0 Å². The highest BCUT2D eigenvalue weighted by atomic mass is 19.4. The van der Waals surface area contributed by atoms with Crippen molar-refractivity contribution in [2.24, 2.45) is 0 Å². The maximum Gasteiger partial charge on any atom is 0.453 e. The van der Waals surface area contributed by atoms with Gasteiger partial charge in [0, 0.05) is 6.54 Å². The number of rotatable bonds is 4. The first-order valence-electron chi connectivity index (χ1n) is 6.71. The van der Waals surface area contributed by atoms with Crippen molar-refractivity contribution in [3.05, 3.63) is 53.6 Å². The standard InChI is InChI=1S/C14H11F4N5/c15-10-3-1-9(2-4-10)7-8-19-11-5-6-12-20-21-13(14(16,17)18)23(12)22-11/h1-6H,7-8H2,(H,19,22). The second kappa shape index (κ2) is 5.82. The van der Waals surface area contributed by atoms with Crippen molar-refractivity contribution in [2.45, 2.75) is 12.6 Å². The van der Waals surface area contributed by atoms with Crippen LogP contribution in [0.2, 0.25) is 0 Å². The Hall–Kier alpha value is -2.71. The molecular formula is C14H11F4N5. The van der Waals surface area contributed by atoms with Gasteiger partial charge in [0.25, 0.3) is 5.82 Å². The minimum atomic E-state index is -4.63. The molecule has 2 heterocycles. The molecular weight excluding hydrogens is 314 g/mol. The number of benzene rings is 1. The topological polar surface area (TPSA) is 55.1 Å². The zero-order valence-corrected chi connectivity index (χ0v) is 11.7. The molecule has 0 unspecified atom stereocenters. The van der Waals surface area contributed by atoms with Gasteiger partial charge in [0.15, 0.2) is 5.65 Å². The Kier molecular flexibility index (Phi) is 3.85. The fourth-order valence-corrected chi connectivity index (χ4v) is 2.05. The van der Waals surface area contributed by atoms with Gasteiger partial charge in [-0.2, -0.15) is 17.7 Å². The summed E-state index contributed by atoms with van der Waals surface area (Å²) in [6, 6.07) is 8.92. The van der Waals surface area contributed by atoms with E-state index in [9.17, 15) is 17.6 Å². The number of fused-ring (bicyclic) bond motifs is 1. The Labute approximate surface area is 128 Å². The zero-order valence-electron chi connectivity index (χ0n) is 11.7. The molecule has 0 saturated carbocycles. The minimum absolute atomic E-state index is 0.0152. The second-order valence-corrected chi connectivity index (χ2v) is 4.81. The lowest BCUT2D eigenvalue weighted by Crippen LogP contribution is -2.14. The predicted molar refractivity (Wildman–Crippen MR) is 74.4 cm³/mol. The van der Waals surface area contributed by atoms with E-state index in [-0.39, 0.29) is 17.3 Å². The highest BCUT2D eigenvalue weighted by molar-refractivity contribution is 5.44. The summed E-state index contributed by atoms with van der Waals surface area (Å²) in [5, 5.41) is 13.3. The van der Waals surface area contributed by atoms with Crippen molar-refractivity contribution in [1.82, 2.24) is 19.8 Å². The third kappa shape index (κ3) is 3.38. The van der Waals surface area contributed by atoms with Crippen LogP contribution in [0.15, 0.2) is 36.4 Å². The lowest BCUT2D eigenvalue weighted by atomic mass is 10.1. The van der Waals surface area contributed by atoms with Gasteiger partial charge in [0.2, 0.25) is 0 Å². The number of halogens is 4. The normalized spacial score (nSPS) is 11.8. The van der Waals surface area contributed by atoms with Crippen LogP contribution in [0.1, 0.15) is 11.4 Å². The van der Waals surface area contributed by atoms with E-state index < -0.39 is 12.0 Å². The Morgan fingerprint density at radius 3 is 2.43 bits per heavy atom. The number of nitrogens with one attached hydrogen (secondary N) is 1. The van der Waals surface area contributed by atoms with Crippen LogP contribution < -0.4 is 5.32 Å². The summed E-state index contributed by atoms with van der Waals surface area (Å²) < 4.78 is 51.8. The van der Waals surface area contributed by atoms with Crippen LogP contribution in [0.4, 0.5) is 23.4 Å². The summed E-state index contributed by atoms with van der Waals surface area (Å²) in [5.74, 6) is -1.22. The van der Waals surface area contributed by atoms with E-state index in [4.69, 9.17) is 0 Å². The number of hydrogen-bond acceptors (Lipinski definition) is 4. The van der Waals surface area contributed by atoms with Gasteiger partial charge in [-0.1, -0.05) is 12.1 Å². The fraction of sp³-hybridized carbons (Fsp3) is 0.214. The molecule has 0 saturated heterocycles. The van der Waals surface area contributed by atoms with E-state index in [0.717, 1.165) is 5.56 Å². The van der Waals surface area contributed by atoms with E-state index >= 15 is 0 Å². The molecule has 0 aliphatic heterocycles. The molecule has 23 heavy (non-hydrogen) atoms. The number of alkyl halides is 3. The van der Waals surface area contributed by atoms with Crippen molar-refractivity contribution in [3.63, 3.8) is 0 Å². The largest absolute Gasteiger partial charge is 0.453 e. The molecule has 9 heteroatoms. The van der Waals surface area contributed by atoms with Crippen LogP contribution in [0, 0.1) is 5.82 Å². The number of anilines is 1. The average Bonchev–Trinajstić information content (AvgIpc) is 2.92. The monoisotopic (exact) mass is 325 g/mol.